The van der Waals surface area contributed by atoms with Crippen molar-refractivity contribution in [2.45, 2.75) is 19.7 Å². The van der Waals surface area contributed by atoms with Crippen LogP contribution in [0.3, 0.4) is 0 Å². The Balaban J connectivity index is 2.63. The molecule has 1 rings (SSSR count). The standard InChI is InChI=1S/C8H7F3O/c1-6-3-2-4-7(5-6)12-8(9,10)11/h2-3H,5H2,1H3. The van der Waals surface area contributed by atoms with Crippen LogP contribution in [0.5, 0.6) is 0 Å². The Morgan fingerprint density at radius 3 is 2.67 bits per heavy atom. The van der Waals surface area contributed by atoms with Gasteiger partial charge in [-0.3, -0.25) is 0 Å². The summed E-state index contributed by atoms with van der Waals surface area (Å²) in [5.74, 6) is -0.178. The molecular formula is C8H7F3O. The topological polar surface area (TPSA) is 9.23 Å². The first-order valence-corrected chi connectivity index (χ1v) is 3.34. The average molecular weight is 176 g/mol. The molecule has 0 spiro atoms. The van der Waals surface area contributed by atoms with E-state index in [0.29, 0.717) is 0 Å². The molecule has 0 atom stereocenters. The Labute approximate surface area is 67.8 Å². The molecule has 0 bridgehead atoms. The molecule has 0 aliphatic heterocycles. The number of ether oxygens (including phenoxy) is 1. The van der Waals surface area contributed by atoms with E-state index >= 15 is 0 Å². The summed E-state index contributed by atoms with van der Waals surface area (Å²) in [4.78, 5) is 0. The number of hydrogen-bond acceptors (Lipinski definition) is 1. The molecule has 0 fully saturated rings. The maximum atomic E-state index is 11.7. The number of halogens is 3. The molecule has 1 aliphatic rings. The minimum absolute atomic E-state index is 0.177. The molecule has 0 unspecified atom stereocenters. The molecule has 1 nitrogen and oxygen atoms in total. The second-order valence-electron chi connectivity index (χ2n) is 2.47. The van der Waals surface area contributed by atoms with Crippen molar-refractivity contribution >= 4 is 0 Å². The fourth-order valence-electron chi connectivity index (χ4n) is 0.845. The molecule has 0 radical (unpaired) electrons. The summed E-state index contributed by atoms with van der Waals surface area (Å²) < 4.78 is 38.6. The van der Waals surface area contributed by atoms with Crippen LogP contribution in [0.15, 0.2) is 29.2 Å². The Bertz CT molecular complexity index is 267. The monoisotopic (exact) mass is 176 g/mol. The highest BCUT2D eigenvalue weighted by atomic mass is 19.4. The van der Waals surface area contributed by atoms with Gasteiger partial charge < -0.3 is 4.74 Å². The highest BCUT2D eigenvalue weighted by Gasteiger charge is 2.32. The normalized spacial score (nSPS) is 17.0. The summed E-state index contributed by atoms with van der Waals surface area (Å²) in [6.07, 6.45) is -1.31. The second kappa shape index (κ2) is 3.07. The van der Waals surface area contributed by atoms with Crippen LogP contribution in [0, 0.1) is 0 Å². The molecule has 0 aromatic heterocycles. The maximum Gasteiger partial charge on any atom is 0.573 e. The highest BCUT2D eigenvalue weighted by molar-refractivity contribution is 5.21. The quantitative estimate of drug-likeness (QED) is 0.558. The number of rotatable bonds is 1. The van der Waals surface area contributed by atoms with Crippen molar-refractivity contribution in [1.29, 1.82) is 0 Å². The van der Waals surface area contributed by atoms with Crippen LogP contribution < -0.4 is 0 Å². The van der Waals surface area contributed by atoms with Crippen molar-refractivity contribution in [3.63, 3.8) is 0 Å². The van der Waals surface area contributed by atoms with E-state index in [4.69, 9.17) is 0 Å². The lowest BCUT2D eigenvalue weighted by atomic mass is 10.1. The zero-order valence-electron chi connectivity index (χ0n) is 6.40. The van der Waals surface area contributed by atoms with Gasteiger partial charge in [-0.1, -0.05) is 17.4 Å². The molecular weight excluding hydrogens is 169 g/mol. The van der Waals surface area contributed by atoms with E-state index in [1.165, 1.54) is 6.08 Å². The van der Waals surface area contributed by atoms with Gasteiger partial charge in [0.25, 0.3) is 0 Å². The van der Waals surface area contributed by atoms with Crippen LogP contribution in [-0.4, -0.2) is 6.36 Å². The Kier molecular flexibility index (Phi) is 2.29. The lowest BCUT2D eigenvalue weighted by Crippen LogP contribution is -2.13. The zero-order valence-corrected chi connectivity index (χ0v) is 6.40. The van der Waals surface area contributed by atoms with E-state index in [2.05, 4.69) is 10.5 Å². The molecule has 0 N–H and O–H groups in total. The van der Waals surface area contributed by atoms with Crippen LogP contribution in [0.4, 0.5) is 13.2 Å². The summed E-state index contributed by atoms with van der Waals surface area (Å²) in [6.45, 7) is 1.73. The number of alkyl halides is 3. The summed E-state index contributed by atoms with van der Waals surface area (Å²) in [5, 5.41) is 0. The molecule has 0 saturated heterocycles. The van der Waals surface area contributed by atoms with E-state index in [9.17, 15) is 13.2 Å². The molecule has 4 heteroatoms. The number of hydrogen-bond donors (Lipinski definition) is 0. The third kappa shape index (κ3) is 2.84. The molecule has 0 saturated carbocycles. The van der Waals surface area contributed by atoms with Gasteiger partial charge >= 0.3 is 6.36 Å². The van der Waals surface area contributed by atoms with Crippen molar-refractivity contribution in [1.82, 2.24) is 0 Å². The minimum atomic E-state index is -4.60. The Morgan fingerprint density at radius 1 is 1.50 bits per heavy atom. The van der Waals surface area contributed by atoms with E-state index < -0.39 is 6.36 Å². The van der Waals surface area contributed by atoms with Gasteiger partial charge in [0, 0.05) is 6.42 Å². The fourth-order valence-corrected chi connectivity index (χ4v) is 0.845. The molecule has 0 aromatic rings. The first-order chi connectivity index (χ1) is 5.47. The van der Waals surface area contributed by atoms with Gasteiger partial charge in [0.2, 0.25) is 0 Å². The van der Waals surface area contributed by atoms with Gasteiger partial charge in [0.1, 0.15) is 0 Å². The van der Waals surface area contributed by atoms with Gasteiger partial charge in [-0.2, -0.15) is 0 Å². The van der Waals surface area contributed by atoms with Crippen molar-refractivity contribution < 1.29 is 17.9 Å². The molecule has 0 amide bonds. The summed E-state index contributed by atoms with van der Waals surface area (Å²) in [5.41, 5.74) is 3.21. The third-order valence-electron chi connectivity index (χ3n) is 1.29. The van der Waals surface area contributed by atoms with Gasteiger partial charge in [0.05, 0.1) is 0 Å². The van der Waals surface area contributed by atoms with Crippen molar-refractivity contribution in [3.05, 3.63) is 29.2 Å². The van der Waals surface area contributed by atoms with Crippen molar-refractivity contribution in [2.24, 2.45) is 0 Å². The lowest BCUT2D eigenvalue weighted by molar-refractivity contribution is -0.305. The molecule has 0 aromatic carbocycles. The van der Waals surface area contributed by atoms with Crippen LogP contribution in [0.2, 0.25) is 0 Å². The summed E-state index contributed by atoms with van der Waals surface area (Å²) in [7, 11) is 0. The van der Waals surface area contributed by atoms with Crippen LogP contribution >= 0.6 is 0 Å². The van der Waals surface area contributed by atoms with E-state index in [1.54, 1.807) is 13.0 Å². The second-order valence-corrected chi connectivity index (χ2v) is 2.47. The molecule has 1 aliphatic carbocycles. The van der Waals surface area contributed by atoms with E-state index in [0.717, 1.165) is 5.57 Å². The molecule has 12 heavy (non-hydrogen) atoms. The largest absolute Gasteiger partial charge is 0.573 e. The van der Waals surface area contributed by atoms with Crippen LogP contribution in [0.25, 0.3) is 0 Å². The first kappa shape index (κ1) is 8.94. The third-order valence-corrected chi connectivity index (χ3v) is 1.29. The maximum absolute atomic E-state index is 11.7. The van der Waals surface area contributed by atoms with Gasteiger partial charge in [-0.05, 0) is 13.0 Å². The van der Waals surface area contributed by atoms with Crippen LogP contribution in [-0.2, 0) is 4.74 Å². The molecule has 0 heterocycles. The minimum Gasteiger partial charge on any atom is -0.402 e. The van der Waals surface area contributed by atoms with E-state index in [1.807, 2.05) is 0 Å². The predicted molar refractivity (Wildman–Crippen MR) is 37.1 cm³/mol. The smallest absolute Gasteiger partial charge is 0.402 e. The Morgan fingerprint density at radius 2 is 2.17 bits per heavy atom. The first-order valence-electron chi connectivity index (χ1n) is 3.34. The fraction of sp³-hybridized carbons (Fsp3) is 0.375. The van der Waals surface area contributed by atoms with Gasteiger partial charge in [0.15, 0.2) is 5.76 Å². The molecule has 66 valence electrons. The zero-order chi connectivity index (χ0) is 9.19. The van der Waals surface area contributed by atoms with Crippen LogP contribution in [0.1, 0.15) is 13.3 Å². The summed E-state index contributed by atoms with van der Waals surface area (Å²) >= 11 is 0. The number of allylic oxidation sites excluding steroid dienone is 2. The highest BCUT2D eigenvalue weighted by Crippen LogP contribution is 2.24. The van der Waals surface area contributed by atoms with E-state index in [-0.39, 0.29) is 12.2 Å². The van der Waals surface area contributed by atoms with Gasteiger partial charge in [-0.25, -0.2) is 0 Å². The van der Waals surface area contributed by atoms with Gasteiger partial charge in [-0.15, -0.1) is 13.2 Å². The summed E-state index contributed by atoms with van der Waals surface area (Å²) in [6, 6.07) is 0. The van der Waals surface area contributed by atoms with Crippen molar-refractivity contribution in [3.8, 4) is 0 Å². The SMILES string of the molecule is CC1=CC=C=C(OC(F)(F)F)C1. The lowest BCUT2D eigenvalue weighted by Gasteiger charge is -2.11. The predicted octanol–water partition coefficient (Wildman–Crippen LogP) is 2.91. The average Bonchev–Trinajstić information content (AvgIpc) is 1.82. The Hall–Kier alpha value is -1.15. The van der Waals surface area contributed by atoms with Crippen molar-refractivity contribution in [2.75, 3.05) is 0 Å².